The molecule has 0 saturated carbocycles. The number of carbonyl (C=O) groups excluding carboxylic acids is 2. The van der Waals surface area contributed by atoms with Crippen molar-refractivity contribution in [2.24, 2.45) is 0 Å². The maximum atomic E-state index is 12.5. The second kappa shape index (κ2) is 13.6. The number of hydrogen-bond donors (Lipinski definition) is 0. The quantitative estimate of drug-likeness (QED) is 0.145. The van der Waals surface area contributed by atoms with E-state index in [1.807, 2.05) is 72.8 Å². The number of para-hydroxylation sites is 2. The molecule has 0 saturated heterocycles. The summed E-state index contributed by atoms with van der Waals surface area (Å²) >= 11 is 0. The van der Waals surface area contributed by atoms with E-state index in [0.29, 0.717) is 22.3 Å². The molecule has 0 atom stereocenters. The molecule has 0 spiro atoms. The highest BCUT2D eigenvalue weighted by atomic mass is 16.1. The van der Waals surface area contributed by atoms with Crippen molar-refractivity contribution < 1.29 is 9.59 Å². The molecule has 0 N–H and O–H groups in total. The Balaban J connectivity index is 0.000000103. The van der Waals surface area contributed by atoms with Gasteiger partial charge < -0.3 is 0 Å². The highest BCUT2D eigenvalue weighted by Gasteiger charge is 2.29. The maximum Gasteiger partial charge on any atom is 0.194 e. The zero-order valence-corrected chi connectivity index (χ0v) is 29.9. The monoisotopic (exact) mass is 718 g/mol. The summed E-state index contributed by atoms with van der Waals surface area (Å²) in [6, 6.07) is 56.3. The van der Waals surface area contributed by atoms with E-state index >= 15 is 0 Å². The van der Waals surface area contributed by atoms with Gasteiger partial charge in [0.25, 0.3) is 0 Å². The van der Waals surface area contributed by atoms with Crippen molar-refractivity contribution in [1.29, 1.82) is 0 Å². The number of fused-ring (bicyclic) bond motifs is 9. The molecule has 0 fully saturated rings. The van der Waals surface area contributed by atoms with Crippen molar-refractivity contribution in [1.82, 2.24) is 19.9 Å². The molecule has 2 aromatic heterocycles. The molecule has 12 rings (SSSR count). The van der Waals surface area contributed by atoms with Gasteiger partial charge in [0.2, 0.25) is 0 Å². The molecule has 2 heterocycles. The van der Waals surface area contributed by atoms with Gasteiger partial charge in [-0.3, -0.25) is 19.6 Å². The van der Waals surface area contributed by atoms with Crippen molar-refractivity contribution >= 4 is 87.8 Å². The Morgan fingerprint density at radius 3 is 0.964 bits per heavy atom. The Kier molecular flexibility index (Phi) is 8.00. The number of ketones is 2. The Hall–Kier alpha value is -7.70. The van der Waals surface area contributed by atoms with Crippen LogP contribution in [0.25, 0.3) is 76.2 Å². The minimum Gasteiger partial charge on any atom is -0.289 e. The lowest BCUT2D eigenvalue weighted by Gasteiger charge is -2.17. The predicted molar refractivity (Wildman–Crippen MR) is 226 cm³/mol. The molecular weight excluding hydrogens is 689 g/mol. The van der Waals surface area contributed by atoms with Crippen LogP contribution in [0, 0.1) is 0 Å². The number of rotatable bonds is 0. The first kappa shape index (κ1) is 32.9. The number of hydrogen-bond acceptors (Lipinski definition) is 6. The number of aromatic nitrogens is 4. The maximum absolute atomic E-state index is 12.5. The van der Waals surface area contributed by atoms with E-state index < -0.39 is 0 Å². The van der Waals surface area contributed by atoms with E-state index in [2.05, 4.69) is 92.7 Å². The molecular formula is C50H30N4O2. The molecule has 6 heteroatoms. The number of carbonyl (C=O) groups is 2. The van der Waals surface area contributed by atoms with Crippen molar-refractivity contribution in [2.45, 2.75) is 0 Å². The summed E-state index contributed by atoms with van der Waals surface area (Å²) < 4.78 is 0. The molecule has 0 radical (unpaired) electrons. The Bertz CT molecular complexity index is 2860. The lowest BCUT2D eigenvalue weighted by molar-refractivity contribution is 0.0979. The molecule has 262 valence electrons. The van der Waals surface area contributed by atoms with Crippen LogP contribution in [0.1, 0.15) is 31.8 Å². The first-order valence-electron chi connectivity index (χ1n) is 18.4. The highest BCUT2D eigenvalue weighted by Crippen LogP contribution is 2.31. The Labute approximate surface area is 320 Å². The summed E-state index contributed by atoms with van der Waals surface area (Å²) in [6.45, 7) is 0. The van der Waals surface area contributed by atoms with Crippen LogP contribution >= 0.6 is 0 Å². The van der Waals surface area contributed by atoms with Crippen LogP contribution in [0.15, 0.2) is 182 Å². The average Bonchev–Trinajstić information content (AvgIpc) is 3.25. The molecule has 0 amide bonds. The fourth-order valence-electron chi connectivity index (χ4n) is 7.50. The molecule has 9 aromatic carbocycles. The van der Waals surface area contributed by atoms with Gasteiger partial charge in [-0.25, -0.2) is 9.97 Å². The fraction of sp³-hybridized carbons (Fsp3) is 0. The third-order valence-electron chi connectivity index (χ3n) is 10.3. The van der Waals surface area contributed by atoms with E-state index in [0.717, 1.165) is 43.9 Å². The van der Waals surface area contributed by atoms with Crippen molar-refractivity contribution in [3.63, 3.8) is 0 Å². The Morgan fingerprint density at radius 2 is 0.589 bits per heavy atom. The van der Waals surface area contributed by atoms with E-state index in [9.17, 15) is 9.59 Å². The minimum atomic E-state index is -0.0686. The SMILES string of the molecule is O=C1c2ccccc2C(=O)c2cc3ccccc3cc21.c1ccc2cc3cc4ccccc4cc3cc2c1.c1ccc2nc3cc4nccnc4cc3nc2c1. The van der Waals surface area contributed by atoms with E-state index in [-0.39, 0.29) is 11.6 Å². The molecule has 0 unspecified atom stereocenters. The molecule has 56 heavy (non-hydrogen) atoms. The van der Waals surface area contributed by atoms with Gasteiger partial charge in [0.05, 0.1) is 33.1 Å². The third kappa shape index (κ3) is 5.96. The standard InChI is InChI=1S/C18H10O2.C18H12.C14H8N4/c19-17-13-7-3-4-8-14(13)18(20)16-10-12-6-2-1-5-11(12)9-15(16)17;1-2-6-14-10-18-12-16-8-4-3-7-15(16)11-17(18)9-13(14)5-1;1-2-4-10-9(3-1)17-13-7-11-12(8-14(13)18-10)16-6-5-15-11/h1-10H;1-12H;1-8H. The van der Waals surface area contributed by atoms with Gasteiger partial charge in [0.1, 0.15) is 0 Å². The largest absolute Gasteiger partial charge is 0.289 e. The first-order valence-corrected chi connectivity index (χ1v) is 18.4. The number of nitrogens with zero attached hydrogens (tertiary/aromatic N) is 4. The molecule has 6 nitrogen and oxygen atoms in total. The third-order valence-corrected chi connectivity index (χ3v) is 10.3. The summed E-state index contributed by atoms with van der Waals surface area (Å²) in [5.41, 5.74) is 7.19. The van der Waals surface area contributed by atoms with Gasteiger partial charge >= 0.3 is 0 Å². The Morgan fingerprint density at radius 1 is 0.268 bits per heavy atom. The summed E-state index contributed by atoms with van der Waals surface area (Å²) in [4.78, 5) is 42.8. The van der Waals surface area contributed by atoms with Gasteiger partial charge in [0, 0.05) is 34.6 Å². The van der Waals surface area contributed by atoms with Crippen LogP contribution in [0.2, 0.25) is 0 Å². The summed E-state index contributed by atoms with van der Waals surface area (Å²) in [7, 11) is 0. The van der Waals surface area contributed by atoms with E-state index in [4.69, 9.17) is 0 Å². The zero-order chi connectivity index (χ0) is 37.6. The van der Waals surface area contributed by atoms with Crippen LogP contribution in [-0.2, 0) is 0 Å². The second-order valence-corrected chi connectivity index (χ2v) is 13.8. The molecule has 0 aliphatic heterocycles. The molecule has 1 aliphatic rings. The predicted octanol–water partition coefficient (Wildman–Crippen LogP) is 11.5. The summed E-state index contributed by atoms with van der Waals surface area (Å²) in [5, 5.41) is 9.81. The minimum absolute atomic E-state index is 0.0686. The molecule has 11 aromatic rings. The van der Waals surface area contributed by atoms with Crippen molar-refractivity contribution in [2.75, 3.05) is 0 Å². The fourth-order valence-corrected chi connectivity index (χ4v) is 7.50. The van der Waals surface area contributed by atoms with Gasteiger partial charge in [-0.15, -0.1) is 0 Å². The van der Waals surface area contributed by atoms with Gasteiger partial charge in [-0.1, -0.05) is 109 Å². The molecule has 1 aliphatic carbocycles. The average molecular weight is 719 g/mol. The highest BCUT2D eigenvalue weighted by molar-refractivity contribution is 6.29. The summed E-state index contributed by atoms with van der Waals surface area (Å²) in [5.74, 6) is -0.137. The van der Waals surface area contributed by atoms with Gasteiger partial charge in [-0.2, -0.15) is 0 Å². The van der Waals surface area contributed by atoms with Crippen LogP contribution < -0.4 is 0 Å². The van der Waals surface area contributed by atoms with Crippen LogP contribution in [0.3, 0.4) is 0 Å². The number of benzene rings is 9. The lowest BCUT2D eigenvalue weighted by atomic mass is 9.83. The molecule has 0 bridgehead atoms. The van der Waals surface area contributed by atoms with E-state index in [1.54, 1.807) is 36.7 Å². The van der Waals surface area contributed by atoms with Crippen LogP contribution in [0.4, 0.5) is 0 Å². The van der Waals surface area contributed by atoms with Gasteiger partial charge in [-0.05, 0) is 104 Å². The van der Waals surface area contributed by atoms with Crippen LogP contribution in [0.5, 0.6) is 0 Å². The van der Waals surface area contributed by atoms with Gasteiger partial charge in [0.15, 0.2) is 11.6 Å². The lowest BCUT2D eigenvalue weighted by Crippen LogP contribution is -2.20. The smallest absolute Gasteiger partial charge is 0.194 e. The van der Waals surface area contributed by atoms with Crippen molar-refractivity contribution in [3.8, 4) is 0 Å². The topological polar surface area (TPSA) is 85.7 Å². The van der Waals surface area contributed by atoms with Crippen molar-refractivity contribution in [3.05, 3.63) is 205 Å². The van der Waals surface area contributed by atoms with Crippen LogP contribution in [-0.4, -0.2) is 31.5 Å². The normalized spacial score (nSPS) is 12.0. The van der Waals surface area contributed by atoms with E-state index in [1.165, 1.54) is 32.3 Å². The zero-order valence-electron chi connectivity index (χ0n) is 29.9. The summed E-state index contributed by atoms with van der Waals surface area (Å²) in [6.07, 6.45) is 3.37. The first-order chi connectivity index (χ1) is 27.6. The second-order valence-electron chi connectivity index (χ2n) is 13.8.